The summed E-state index contributed by atoms with van der Waals surface area (Å²) in [5.41, 5.74) is 1.98. The summed E-state index contributed by atoms with van der Waals surface area (Å²) in [6.45, 7) is 0.236. The minimum Gasteiger partial charge on any atom is -0.487 e. The molecule has 1 aliphatic rings. The number of halogens is 1. The van der Waals surface area contributed by atoms with Crippen LogP contribution in [0.3, 0.4) is 0 Å². The average molecular weight is 261 g/mol. The number of aryl methyl sites for hydroxylation is 1. The lowest BCUT2D eigenvalue weighted by Gasteiger charge is -2.17. The summed E-state index contributed by atoms with van der Waals surface area (Å²) in [6, 6.07) is 4.95. The first-order chi connectivity index (χ1) is 9.11. The molecule has 2 aromatic rings. The Morgan fingerprint density at radius 1 is 1.53 bits per heavy atom. The molecule has 0 saturated carbocycles. The first-order valence-electron chi connectivity index (χ1n) is 5.82. The van der Waals surface area contributed by atoms with Crippen LogP contribution in [0.15, 0.2) is 18.2 Å². The summed E-state index contributed by atoms with van der Waals surface area (Å²) in [7, 11) is 3.09. The zero-order valence-corrected chi connectivity index (χ0v) is 10.5. The van der Waals surface area contributed by atoms with Gasteiger partial charge in [0.2, 0.25) is 5.95 Å². The van der Waals surface area contributed by atoms with E-state index in [2.05, 4.69) is 10.4 Å². The quantitative estimate of drug-likeness (QED) is 0.846. The SMILES string of the molecule is CNC(=O)c1ccc2c(c1)-c1c(nn(C)c1F)CO2. The maximum Gasteiger partial charge on any atom is 0.251 e. The fraction of sp³-hybridized carbons (Fsp3) is 0.231. The third-order valence-electron chi connectivity index (χ3n) is 3.15. The summed E-state index contributed by atoms with van der Waals surface area (Å²) >= 11 is 0. The minimum absolute atomic E-state index is 0.223. The van der Waals surface area contributed by atoms with Crippen LogP contribution in [-0.4, -0.2) is 22.7 Å². The van der Waals surface area contributed by atoms with Crippen molar-refractivity contribution in [2.24, 2.45) is 7.05 Å². The smallest absolute Gasteiger partial charge is 0.251 e. The Labute approximate surface area is 109 Å². The van der Waals surface area contributed by atoms with E-state index in [1.807, 2.05) is 0 Å². The Morgan fingerprint density at radius 3 is 3.05 bits per heavy atom. The maximum atomic E-state index is 14.1. The highest BCUT2D eigenvalue weighted by molar-refractivity contribution is 5.96. The molecule has 0 fully saturated rings. The second-order valence-corrected chi connectivity index (χ2v) is 4.31. The first kappa shape index (κ1) is 11.7. The van der Waals surface area contributed by atoms with Crippen molar-refractivity contribution in [2.75, 3.05) is 7.05 Å². The van der Waals surface area contributed by atoms with Gasteiger partial charge in [-0.25, -0.2) is 4.68 Å². The second-order valence-electron chi connectivity index (χ2n) is 4.31. The van der Waals surface area contributed by atoms with Crippen LogP contribution in [0.1, 0.15) is 16.1 Å². The van der Waals surface area contributed by atoms with Crippen LogP contribution in [0.4, 0.5) is 4.39 Å². The van der Waals surface area contributed by atoms with Crippen LogP contribution >= 0.6 is 0 Å². The van der Waals surface area contributed by atoms with Crippen molar-refractivity contribution in [1.82, 2.24) is 15.1 Å². The zero-order valence-electron chi connectivity index (χ0n) is 10.5. The molecule has 1 N–H and O–H groups in total. The van der Waals surface area contributed by atoms with Gasteiger partial charge in [-0.1, -0.05) is 0 Å². The minimum atomic E-state index is -0.423. The lowest BCUT2D eigenvalue weighted by Crippen LogP contribution is -2.18. The molecule has 0 atom stereocenters. The first-order valence-corrected chi connectivity index (χ1v) is 5.82. The molecule has 0 radical (unpaired) electrons. The summed E-state index contributed by atoms with van der Waals surface area (Å²) in [4.78, 5) is 11.6. The molecule has 1 amide bonds. The number of rotatable bonds is 1. The van der Waals surface area contributed by atoms with Crippen molar-refractivity contribution in [1.29, 1.82) is 0 Å². The molecule has 0 saturated heterocycles. The highest BCUT2D eigenvalue weighted by atomic mass is 19.1. The van der Waals surface area contributed by atoms with Crippen molar-refractivity contribution in [2.45, 2.75) is 6.61 Å². The predicted octanol–water partition coefficient (Wildman–Crippen LogP) is 1.48. The van der Waals surface area contributed by atoms with Gasteiger partial charge in [-0.15, -0.1) is 0 Å². The van der Waals surface area contributed by atoms with Gasteiger partial charge in [0.15, 0.2) is 0 Å². The van der Waals surface area contributed by atoms with Gasteiger partial charge in [0, 0.05) is 25.2 Å². The topological polar surface area (TPSA) is 56.2 Å². The van der Waals surface area contributed by atoms with Gasteiger partial charge in [-0.05, 0) is 18.2 Å². The fourth-order valence-electron chi connectivity index (χ4n) is 2.21. The number of benzene rings is 1. The Morgan fingerprint density at radius 2 is 2.32 bits per heavy atom. The number of aromatic nitrogens is 2. The lowest BCUT2D eigenvalue weighted by molar-refractivity contribution is 0.0963. The molecule has 0 aliphatic carbocycles. The van der Waals surface area contributed by atoms with Crippen molar-refractivity contribution < 1.29 is 13.9 Å². The van der Waals surface area contributed by atoms with Crippen LogP contribution in [0.5, 0.6) is 5.75 Å². The van der Waals surface area contributed by atoms with E-state index in [0.29, 0.717) is 28.1 Å². The van der Waals surface area contributed by atoms with E-state index in [9.17, 15) is 9.18 Å². The number of amides is 1. The van der Waals surface area contributed by atoms with E-state index in [1.165, 1.54) is 11.7 Å². The van der Waals surface area contributed by atoms with Crippen LogP contribution in [0.25, 0.3) is 11.1 Å². The number of nitrogens with zero attached hydrogens (tertiary/aromatic N) is 2. The molecule has 1 aromatic carbocycles. The molecule has 6 heteroatoms. The summed E-state index contributed by atoms with van der Waals surface area (Å²) in [5, 5.41) is 6.60. The molecule has 5 nitrogen and oxygen atoms in total. The third-order valence-corrected chi connectivity index (χ3v) is 3.15. The van der Waals surface area contributed by atoms with Crippen molar-refractivity contribution >= 4 is 5.91 Å². The standard InChI is InChI=1S/C13H12FN3O2/c1-15-13(18)7-3-4-10-8(5-7)11-9(6-19-10)16-17(2)12(11)14/h3-5H,6H2,1-2H3,(H,15,18). The number of hydrogen-bond acceptors (Lipinski definition) is 3. The number of ether oxygens (including phenoxy) is 1. The zero-order chi connectivity index (χ0) is 13.6. The van der Waals surface area contributed by atoms with Crippen LogP contribution in [-0.2, 0) is 13.7 Å². The normalized spacial score (nSPS) is 12.4. The number of carbonyl (C=O) groups excluding carboxylic acids is 1. The van der Waals surface area contributed by atoms with Crippen LogP contribution < -0.4 is 10.1 Å². The molecule has 0 bridgehead atoms. The molecule has 2 heterocycles. The Bertz CT molecular complexity index is 679. The highest BCUT2D eigenvalue weighted by Crippen LogP contribution is 2.39. The molecular weight excluding hydrogens is 249 g/mol. The third kappa shape index (κ3) is 1.68. The van der Waals surface area contributed by atoms with Gasteiger partial charge in [-0.2, -0.15) is 9.49 Å². The Hall–Kier alpha value is -2.37. The molecular formula is C13H12FN3O2. The predicted molar refractivity (Wildman–Crippen MR) is 66.3 cm³/mol. The molecule has 19 heavy (non-hydrogen) atoms. The molecule has 0 spiro atoms. The van der Waals surface area contributed by atoms with Gasteiger partial charge >= 0.3 is 0 Å². The van der Waals surface area contributed by atoms with Gasteiger partial charge in [0.25, 0.3) is 5.91 Å². The summed E-state index contributed by atoms with van der Waals surface area (Å²) in [6.07, 6.45) is 0. The maximum absolute atomic E-state index is 14.1. The molecule has 98 valence electrons. The monoisotopic (exact) mass is 261 g/mol. The summed E-state index contributed by atoms with van der Waals surface area (Å²) < 4.78 is 20.8. The number of hydrogen-bond donors (Lipinski definition) is 1. The number of nitrogens with one attached hydrogen (secondary N) is 1. The van der Waals surface area contributed by atoms with Crippen LogP contribution in [0, 0.1) is 5.95 Å². The van der Waals surface area contributed by atoms with Gasteiger partial charge in [0.1, 0.15) is 18.1 Å². The van der Waals surface area contributed by atoms with Crippen molar-refractivity contribution in [3.8, 4) is 16.9 Å². The van der Waals surface area contributed by atoms with E-state index < -0.39 is 5.95 Å². The summed E-state index contributed by atoms with van der Waals surface area (Å²) in [5.74, 6) is -0.0834. The Balaban J connectivity index is 2.21. The lowest BCUT2D eigenvalue weighted by atomic mass is 10.00. The molecule has 0 unspecified atom stereocenters. The van der Waals surface area contributed by atoms with Crippen molar-refractivity contribution in [3.05, 3.63) is 35.4 Å². The van der Waals surface area contributed by atoms with Gasteiger partial charge in [-0.3, -0.25) is 4.79 Å². The fourth-order valence-corrected chi connectivity index (χ4v) is 2.21. The van der Waals surface area contributed by atoms with Crippen LogP contribution in [0.2, 0.25) is 0 Å². The van der Waals surface area contributed by atoms with E-state index in [0.717, 1.165) is 0 Å². The van der Waals surface area contributed by atoms with E-state index in [-0.39, 0.29) is 12.5 Å². The second kappa shape index (κ2) is 4.08. The largest absolute Gasteiger partial charge is 0.487 e. The van der Waals surface area contributed by atoms with Gasteiger partial charge in [0.05, 0.1) is 5.56 Å². The molecule has 1 aliphatic heterocycles. The Kier molecular flexibility index (Phi) is 2.51. The molecule has 3 rings (SSSR count). The highest BCUT2D eigenvalue weighted by Gasteiger charge is 2.26. The average Bonchev–Trinajstić information content (AvgIpc) is 2.73. The number of fused-ring (bicyclic) bond motifs is 3. The van der Waals surface area contributed by atoms with E-state index >= 15 is 0 Å². The number of carbonyl (C=O) groups is 1. The van der Waals surface area contributed by atoms with Crippen molar-refractivity contribution in [3.63, 3.8) is 0 Å². The van der Waals surface area contributed by atoms with E-state index in [1.54, 1.807) is 25.2 Å². The van der Waals surface area contributed by atoms with E-state index in [4.69, 9.17) is 4.74 Å². The van der Waals surface area contributed by atoms with Gasteiger partial charge < -0.3 is 10.1 Å². The molecule has 1 aromatic heterocycles.